The van der Waals surface area contributed by atoms with Crippen LogP contribution in [0.5, 0.6) is 0 Å². The predicted octanol–water partition coefficient (Wildman–Crippen LogP) is 2.05. The molecule has 2 unspecified atom stereocenters. The highest BCUT2D eigenvalue weighted by molar-refractivity contribution is 4.97. The van der Waals surface area contributed by atoms with E-state index in [0.717, 1.165) is 6.42 Å². The quantitative estimate of drug-likeness (QED) is 0.872. The number of nitrogens with zero attached hydrogens (tertiary/aromatic N) is 2. The minimum Gasteiger partial charge on any atom is -0.383 e. The molecule has 1 N–H and O–H groups in total. The predicted molar refractivity (Wildman–Crippen MR) is 48.8 cm³/mol. The lowest BCUT2D eigenvalue weighted by atomic mass is 10.0. The second kappa shape index (κ2) is 4.82. The van der Waals surface area contributed by atoms with Gasteiger partial charge in [0, 0.05) is 6.42 Å². The van der Waals surface area contributed by atoms with Gasteiger partial charge in [0.1, 0.15) is 0 Å². The third kappa shape index (κ3) is 2.94. The van der Waals surface area contributed by atoms with Gasteiger partial charge in [0.05, 0.1) is 5.92 Å². The lowest BCUT2D eigenvalue weighted by Gasteiger charge is -2.17. The Balaban J connectivity index is 2.76. The van der Waals surface area contributed by atoms with Crippen LogP contribution in [-0.4, -0.2) is 27.5 Å². The molecular formula is C9H13F3N2O2. The van der Waals surface area contributed by atoms with Gasteiger partial charge in [-0.2, -0.15) is 18.2 Å². The molecule has 4 nitrogen and oxygen atoms in total. The molecule has 16 heavy (non-hydrogen) atoms. The molecule has 0 amide bonds. The average molecular weight is 238 g/mol. The van der Waals surface area contributed by atoms with Crippen LogP contribution < -0.4 is 0 Å². The summed E-state index contributed by atoms with van der Waals surface area (Å²) in [6, 6.07) is 0. The van der Waals surface area contributed by atoms with E-state index in [0.29, 0.717) is 12.2 Å². The van der Waals surface area contributed by atoms with Crippen LogP contribution in [0.25, 0.3) is 0 Å². The summed E-state index contributed by atoms with van der Waals surface area (Å²) in [4.78, 5) is 3.80. The zero-order valence-corrected chi connectivity index (χ0v) is 8.95. The first-order valence-electron chi connectivity index (χ1n) is 4.93. The molecule has 2 atom stereocenters. The number of hydrogen-bond acceptors (Lipinski definition) is 4. The van der Waals surface area contributed by atoms with E-state index in [-0.39, 0.29) is 5.89 Å². The molecule has 0 aliphatic rings. The fourth-order valence-electron chi connectivity index (χ4n) is 1.20. The van der Waals surface area contributed by atoms with Crippen molar-refractivity contribution in [2.24, 2.45) is 0 Å². The normalized spacial score (nSPS) is 16.1. The minimum atomic E-state index is -4.68. The van der Waals surface area contributed by atoms with Crippen molar-refractivity contribution in [2.75, 3.05) is 0 Å². The molecule has 1 aromatic rings. The van der Waals surface area contributed by atoms with Crippen LogP contribution in [0.1, 0.15) is 37.9 Å². The maximum atomic E-state index is 12.2. The number of aromatic nitrogens is 2. The first-order chi connectivity index (χ1) is 7.36. The van der Waals surface area contributed by atoms with Crippen molar-refractivity contribution in [3.05, 3.63) is 11.7 Å². The summed E-state index contributed by atoms with van der Waals surface area (Å²) in [6.45, 7) is 3.09. The van der Waals surface area contributed by atoms with Crippen LogP contribution in [0.15, 0.2) is 4.52 Å². The first-order valence-corrected chi connectivity index (χ1v) is 4.93. The van der Waals surface area contributed by atoms with Gasteiger partial charge >= 0.3 is 6.18 Å². The molecule has 0 saturated heterocycles. The van der Waals surface area contributed by atoms with Gasteiger partial charge in [0.2, 0.25) is 5.89 Å². The van der Waals surface area contributed by atoms with Crippen LogP contribution in [0.2, 0.25) is 0 Å². The molecule has 0 bridgehead atoms. The highest BCUT2D eigenvalue weighted by atomic mass is 19.4. The third-order valence-corrected chi connectivity index (χ3v) is 2.16. The van der Waals surface area contributed by atoms with E-state index in [1.54, 1.807) is 0 Å². The molecule has 0 aromatic carbocycles. The molecule has 1 aromatic heterocycles. The largest absolute Gasteiger partial charge is 0.415 e. The number of alkyl halides is 3. The Hall–Kier alpha value is -1.11. The lowest BCUT2D eigenvalue weighted by Crippen LogP contribution is -2.33. The van der Waals surface area contributed by atoms with E-state index in [4.69, 9.17) is 5.11 Å². The van der Waals surface area contributed by atoms with Crippen LogP contribution in [0, 0.1) is 0 Å². The van der Waals surface area contributed by atoms with E-state index in [9.17, 15) is 13.2 Å². The molecule has 0 fully saturated rings. The summed E-state index contributed by atoms with van der Waals surface area (Å²) in [6.07, 6.45) is -5.85. The molecule has 0 saturated carbocycles. The van der Waals surface area contributed by atoms with E-state index in [1.165, 1.54) is 6.92 Å². The molecule has 0 aliphatic carbocycles. The second-order valence-electron chi connectivity index (χ2n) is 3.57. The smallest absolute Gasteiger partial charge is 0.383 e. The Morgan fingerprint density at radius 1 is 1.44 bits per heavy atom. The summed E-state index contributed by atoms with van der Waals surface area (Å²) < 4.78 is 41.3. The molecule has 0 spiro atoms. The number of aryl methyl sites for hydroxylation is 1. The van der Waals surface area contributed by atoms with Crippen molar-refractivity contribution in [1.82, 2.24) is 10.1 Å². The number of rotatable bonds is 4. The molecule has 7 heteroatoms. The van der Waals surface area contributed by atoms with Gasteiger partial charge in [-0.05, 0) is 6.42 Å². The number of aliphatic hydroxyl groups is 1. The Kier molecular flexibility index (Phi) is 3.90. The SMILES string of the molecule is CCCc1noc(C(C)C(O)C(F)(F)F)n1. The van der Waals surface area contributed by atoms with E-state index >= 15 is 0 Å². The Labute approximate surface area is 90.5 Å². The summed E-state index contributed by atoms with van der Waals surface area (Å²) in [5, 5.41) is 12.5. The third-order valence-electron chi connectivity index (χ3n) is 2.16. The molecule has 1 heterocycles. The van der Waals surface area contributed by atoms with Crippen LogP contribution in [0.4, 0.5) is 13.2 Å². The Bertz CT molecular complexity index is 338. The summed E-state index contributed by atoms with van der Waals surface area (Å²) in [5.74, 6) is -1.08. The van der Waals surface area contributed by atoms with E-state index in [2.05, 4.69) is 14.7 Å². The highest BCUT2D eigenvalue weighted by Crippen LogP contribution is 2.30. The standard InChI is InChI=1S/C9H13F3N2O2/c1-3-4-6-13-8(16-14-6)5(2)7(15)9(10,11)12/h5,7,15H,3-4H2,1-2H3. The highest BCUT2D eigenvalue weighted by Gasteiger charge is 2.44. The van der Waals surface area contributed by atoms with Crippen molar-refractivity contribution in [1.29, 1.82) is 0 Å². The zero-order chi connectivity index (χ0) is 12.3. The van der Waals surface area contributed by atoms with Gasteiger partial charge in [0.15, 0.2) is 11.9 Å². The summed E-state index contributed by atoms with van der Waals surface area (Å²) in [5.41, 5.74) is 0. The van der Waals surface area contributed by atoms with Crippen molar-refractivity contribution < 1.29 is 22.8 Å². The molecular weight excluding hydrogens is 225 g/mol. The first kappa shape index (κ1) is 13.0. The number of aliphatic hydroxyl groups excluding tert-OH is 1. The fourth-order valence-corrected chi connectivity index (χ4v) is 1.20. The fraction of sp³-hybridized carbons (Fsp3) is 0.778. The minimum absolute atomic E-state index is 0.187. The van der Waals surface area contributed by atoms with Gasteiger partial charge in [-0.3, -0.25) is 0 Å². The monoisotopic (exact) mass is 238 g/mol. The van der Waals surface area contributed by atoms with Gasteiger partial charge in [-0.1, -0.05) is 19.0 Å². The molecule has 0 radical (unpaired) electrons. The maximum Gasteiger partial charge on any atom is 0.415 e. The lowest BCUT2D eigenvalue weighted by molar-refractivity contribution is -0.210. The summed E-state index contributed by atoms with van der Waals surface area (Å²) >= 11 is 0. The zero-order valence-electron chi connectivity index (χ0n) is 8.95. The van der Waals surface area contributed by atoms with Crippen molar-refractivity contribution in [2.45, 2.75) is 44.9 Å². The van der Waals surface area contributed by atoms with Crippen molar-refractivity contribution in [3.63, 3.8) is 0 Å². The molecule has 92 valence electrons. The van der Waals surface area contributed by atoms with Crippen LogP contribution in [-0.2, 0) is 6.42 Å². The average Bonchev–Trinajstić information content (AvgIpc) is 2.63. The van der Waals surface area contributed by atoms with Gasteiger partial charge in [-0.15, -0.1) is 0 Å². The topological polar surface area (TPSA) is 59.2 Å². The Morgan fingerprint density at radius 3 is 2.56 bits per heavy atom. The Morgan fingerprint density at radius 2 is 2.06 bits per heavy atom. The van der Waals surface area contributed by atoms with Crippen molar-refractivity contribution >= 4 is 0 Å². The van der Waals surface area contributed by atoms with Crippen LogP contribution >= 0.6 is 0 Å². The van der Waals surface area contributed by atoms with E-state index in [1.807, 2.05) is 6.92 Å². The summed E-state index contributed by atoms with van der Waals surface area (Å²) in [7, 11) is 0. The van der Waals surface area contributed by atoms with Crippen LogP contribution in [0.3, 0.4) is 0 Å². The van der Waals surface area contributed by atoms with Gasteiger partial charge in [-0.25, -0.2) is 0 Å². The van der Waals surface area contributed by atoms with Gasteiger partial charge < -0.3 is 9.63 Å². The van der Waals surface area contributed by atoms with E-state index < -0.39 is 18.2 Å². The molecule has 1 rings (SSSR count). The number of halogens is 3. The second-order valence-corrected chi connectivity index (χ2v) is 3.57. The van der Waals surface area contributed by atoms with Gasteiger partial charge in [0.25, 0.3) is 0 Å². The number of hydrogen-bond donors (Lipinski definition) is 1. The molecule has 0 aliphatic heterocycles. The maximum absolute atomic E-state index is 12.2. The van der Waals surface area contributed by atoms with Crippen molar-refractivity contribution in [3.8, 4) is 0 Å².